The molecule has 0 unspecified atom stereocenters. The molecule has 4 rings (SSSR count). The van der Waals surface area contributed by atoms with Crippen LogP contribution in [0.25, 0.3) is 0 Å². The molecule has 1 aliphatic heterocycles. The fourth-order valence-corrected chi connectivity index (χ4v) is 3.29. The molecule has 1 saturated heterocycles. The van der Waals surface area contributed by atoms with E-state index in [0.717, 1.165) is 30.2 Å². The smallest absolute Gasteiger partial charge is 0.159 e. The standard InChI is InChI=1S/C24H23N5O/c1-18(30)19-4-6-20(7-5-19)25-26-21-8-10-22(11-9-21)27-28-23-12-14-24(15-13-23)29-16-2-3-17-29/h4-15H,2-3,16-17H2,1H3. The van der Waals surface area contributed by atoms with Gasteiger partial charge in [0, 0.05) is 24.3 Å². The summed E-state index contributed by atoms with van der Waals surface area (Å²) >= 11 is 0. The molecule has 30 heavy (non-hydrogen) atoms. The predicted octanol–water partition coefficient (Wildman–Crippen LogP) is 7.32. The molecule has 1 aliphatic rings. The van der Waals surface area contributed by atoms with Crippen molar-refractivity contribution in [2.75, 3.05) is 18.0 Å². The van der Waals surface area contributed by atoms with Crippen LogP contribution in [0.3, 0.4) is 0 Å². The third kappa shape index (κ3) is 5.03. The second-order valence-corrected chi connectivity index (χ2v) is 7.23. The Kier molecular flexibility index (Phi) is 6.03. The lowest BCUT2D eigenvalue weighted by molar-refractivity contribution is 0.101. The van der Waals surface area contributed by atoms with Crippen molar-refractivity contribution in [3.05, 3.63) is 78.4 Å². The zero-order valence-corrected chi connectivity index (χ0v) is 16.9. The third-order valence-electron chi connectivity index (χ3n) is 5.01. The molecule has 150 valence electrons. The van der Waals surface area contributed by atoms with Gasteiger partial charge in [0.25, 0.3) is 0 Å². The Labute approximate surface area is 176 Å². The van der Waals surface area contributed by atoms with Gasteiger partial charge in [-0.25, -0.2) is 0 Å². The number of ketones is 1. The van der Waals surface area contributed by atoms with E-state index in [9.17, 15) is 4.79 Å². The average molecular weight is 397 g/mol. The van der Waals surface area contributed by atoms with E-state index in [1.54, 1.807) is 31.2 Å². The Bertz CT molecular complexity index is 1050. The number of hydrogen-bond acceptors (Lipinski definition) is 6. The molecule has 0 atom stereocenters. The second kappa shape index (κ2) is 9.22. The van der Waals surface area contributed by atoms with Crippen LogP contribution in [0, 0.1) is 0 Å². The van der Waals surface area contributed by atoms with Gasteiger partial charge in [0.2, 0.25) is 0 Å². The molecule has 1 fully saturated rings. The van der Waals surface area contributed by atoms with E-state index in [1.165, 1.54) is 18.5 Å². The van der Waals surface area contributed by atoms with Gasteiger partial charge in [-0.1, -0.05) is 0 Å². The summed E-state index contributed by atoms with van der Waals surface area (Å²) in [6.07, 6.45) is 2.53. The van der Waals surface area contributed by atoms with Crippen LogP contribution in [0.4, 0.5) is 28.4 Å². The van der Waals surface area contributed by atoms with E-state index in [2.05, 4.69) is 37.5 Å². The molecule has 0 N–H and O–H groups in total. The highest BCUT2D eigenvalue weighted by Gasteiger charge is 2.11. The molecule has 0 radical (unpaired) electrons. The maximum absolute atomic E-state index is 11.3. The van der Waals surface area contributed by atoms with Crippen molar-refractivity contribution in [1.82, 2.24) is 0 Å². The molecule has 0 aromatic heterocycles. The van der Waals surface area contributed by atoms with Crippen molar-refractivity contribution < 1.29 is 4.79 Å². The average Bonchev–Trinajstić information content (AvgIpc) is 3.33. The maximum Gasteiger partial charge on any atom is 0.159 e. The maximum atomic E-state index is 11.3. The fourth-order valence-electron chi connectivity index (χ4n) is 3.29. The minimum Gasteiger partial charge on any atom is -0.372 e. The molecule has 0 aliphatic carbocycles. The number of azo groups is 2. The van der Waals surface area contributed by atoms with E-state index in [1.807, 2.05) is 36.4 Å². The van der Waals surface area contributed by atoms with Crippen LogP contribution in [0.15, 0.2) is 93.3 Å². The van der Waals surface area contributed by atoms with Crippen LogP contribution in [0.5, 0.6) is 0 Å². The normalized spacial score (nSPS) is 14.1. The summed E-state index contributed by atoms with van der Waals surface area (Å²) in [5, 5.41) is 17.0. The van der Waals surface area contributed by atoms with Gasteiger partial charge in [0.15, 0.2) is 5.78 Å². The summed E-state index contributed by atoms with van der Waals surface area (Å²) in [7, 11) is 0. The minimum atomic E-state index is 0.0331. The lowest BCUT2D eigenvalue weighted by Crippen LogP contribution is -2.17. The van der Waals surface area contributed by atoms with E-state index >= 15 is 0 Å². The van der Waals surface area contributed by atoms with Crippen LogP contribution < -0.4 is 4.90 Å². The third-order valence-corrected chi connectivity index (χ3v) is 5.01. The van der Waals surface area contributed by atoms with Gasteiger partial charge in [-0.2, -0.15) is 20.5 Å². The predicted molar refractivity (Wildman–Crippen MR) is 119 cm³/mol. The van der Waals surface area contributed by atoms with E-state index in [4.69, 9.17) is 0 Å². The zero-order valence-electron chi connectivity index (χ0n) is 16.9. The fraction of sp³-hybridized carbons (Fsp3) is 0.208. The molecular weight excluding hydrogens is 374 g/mol. The summed E-state index contributed by atoms with van der Waals surface area (Å²) in [6, 6.07) is 22.7. The first-order chi connectivity index (χ1) is 14.7. The number of benzene rings is 3. The number of nitrogens with zero attached hydrogens (tertiary/aromatic N) is 5. The molecule has 3 aromatic carbocycles. The highest BCUT2D eigenvalue weighted by molar-refractivity contribution is 5.94. The number of carbonyl (C=O) groups is 1. The van der Waals surface area contributed by atoms with Crippen molar-refractivity contribution >= 4 is 34.2 Å². The lowest BCUT2D eigenvalue weighted by atomic mass is 10.1. The van der Waals surface area contributed by atoms with Gasteiger partial charge < -0.3 is 4.90 Å². The Morgan fingerprint density at radius 2 is 1.00 bits per heavy atom. The quantitative estimate of drug-likeness (QED) is 0.323. The Morgan fingerprint density at radius 1 is 0.633 bits per heavy atom. The SMILES string of the molecule is CC(=O)c1ccc(N=Nc2ccc(N=Nc3ccc(N4CCCC4)cc3)cc2)cc1. The number of carbonyl (C=O) groups excluding carboxylic acids is 1. The van der Waals surface area contributed by atoms with Crippen LogP contribution in [-0.4, -0.2) is 18.9 Å². The first-order valence-electron chi connectivity index (χ1n) is 10.1. The first kappa shape index (κ1) is 19.6. The van der Waals surface area contributed by atoms with E-state index in [0.29, 0.717) is 11.3 Å². The number of hydrogen-bond donors (Lipinski definition) is 0. The van der Waals surface area contributed by atoms with Gasteiger partial charge in [0.1, 0.15) is 0 Å². The number of rotatable bonds is 6. The molecule has 0 amide bonds. The monoisotopic (exact) mass is 397 g/mol. The van der Waals surface area contributed by atoms with Crippen LogP contribution in [-0.2, 0) is 0 Å². The summed E-state index contributed by atoms with van der Waals surface area (Å²) in [5.41, 5.74) is 4.91. The van der Waals surface area contributed by atoms with Crippen LogP contribution in [0.1, 0.15) is 30.1 Å². The van der Waals surface area contributed by atoms with Gasteiger partial charge in [-0.3, -0.25) is 4.79 Å². The van der Waals surface area contributed by atoms with E-state index < -0.39 is 0 Å². The van der Waals surface area contributed by atoms with Crippen LogP contribution in [0.2, 0.25) is 0 Å². The minimum absolute atomic E-state index is 0.0331. The Hall–Kier alpha value is -3.67. The zero-order chi connectivity index (χ0) is 20.8. The topological polar surface area (TPSA) is 69.7 Å². The van der Waals surface area contributed by atoms with Crippen LogP contribution >= 0.6 is 0 Å². The highest BCUT2D eigenvalue weighted by atomic mass is 16.1. The lowest BCUT2D eigenvalue weighted by Gasteiger charge is -2.17. The molecule has 0 spiro atoms. The first-order valence-corrected chi connectivity index (χ1v) is 10.1. The molecule has 6 heteroatoms. The Morgan fingerprint density at radius 3 is 1.40 bits per heavy atom. The molecule has 3 aromatic rings. The molecule has 0 bridgehead atoms. The number of anilines is 1. The summed E-state index contributed by atoms with van der Waals surface area (Å²) in [6.45, 7) is 3.81. The number of Topliss-reactive ketones (excluding diaryl/α,β-unsaturated/α-hetero) is 1. The second-order valence-electron chi connectivity index (χ2n) is 7.23. The van der Waals surface area contributed by atoms with Gasteiger partial charge in [-0.05, 0) is 92.6 Å². The molecule has 1 heterocycles. The van der Waals surface area contributed by atoms with Gasteiger partial charge >= 0.3 is 0 Å². The van der Waals surface area contributed by atoms with Gasteiger partial charge in [0.05, 0.1) is 22.7 Å². The van der Waals surface area contributed by atoms with Gasteiger partial charge in [-0.15, -0.1) is 0 Å². The van der Waals surface area contributed by atoms with Crippen molar-refractivity contribution in [3.8, 4) is 0 Å². The summed E-state index contributed by atoms with van der Waals surface area (Å²) < 4.78 is 0. The molecule has 6 nitrogen and oxygen atoms in total. The van der Waals surface area contributed by atoms with Crippen molar-refractivity contribution in [2.45, 2.75) is 19.8 Å². The van der Waals surface area contributed by atoms with E-state index in [-0.39, 0.29) is 5.78 Å². The summed E-state index contributed by atoms with van der Waals surface area (Å²) in [5.74, 6) is 0.0331. The summed E-state index contributed by atoms with van der Waals surface area (Å²) in [4.78, 5) is 13.7. The molecular formula is C24H23N5O. The van der Waals surface area contributed by atoms with Crippen molar-refractivity contribution in [1.29, 1.82) is 0 Å². The van der Waals surface area contributed by atoms with Crippen molar-refractivity contribution in [3.63, 3.8) is 0 Å². The Balaban J connectivity index is 1.36. The molecule has 0 saturated carbocycles. The van der Waals surface area contributed by atoms with Crippen molar-refractivity contribution in [2.24, 2.45) is 20.5 Å². The highest BCUT2D eigenvalue weighted by Crippen LogP contribution is 2.26. The largest absolute Gasteiger partial charge is 0.372 e.